The van der Waals surface area contributed by atoms with Crippen molar-refractivity contribution < 1.29 is 4.74 Å². The van der Waals surface area contributed by atoms with Crippen molar-refractivity contribution in [2.24, 2.45) is 5.41 Å². The maximum Gasteiger partial charge on any atom is 0.137 e. The highest BCUT2D eigenvalue weighted by molar-refractivity contribution is 9.09. The average molecular weight is 332 g/mol. The molecule has 0 spiro atoms. The van der Waals surface area contributed by atoms with Crippen LogP contribution >= 0.6 is 27.5 Å². The smallest absolute Gasteiger partial charge is 0.137 e. The van der Waals surface area contributed by atoms with Gasteiger partial charge in [0.15, 0.2) is 0 Å². The second-order valence-corrected chi connectivity index (χ2v) is 6.79. The molecule has 1 nitrogen and oxygen atoms in total. The highest BCUT2D eigenvalue weighted by Gasteiger charge is 2.34. The van der Waals surface area contributed by atoms with Crippen molar-refractivity contribution in [1.29, 1.82) is 0 Å². The zero-order valence-corrected chi connectivity index (χ0v) is 13.4. The summed E-state index contributed by atoms with van der Waals surface area (Å²) < 4.78 is 5.20. The van der Waals surface area contributed by atoms with Crippen LogP contribution in [0, 0.1) is 5.41 Å². The molecule has 0 radical (unpaired) electrons. The number of benzene rings is 1. The Labute approximate surface area is 123 Å². The van der Waals surface area contributed by atoms with Gasteiger partial charge in [-0.2, -0.15) is 0 Å². The van der Waals surface area contributed by atoms with Gasteiger partial charge in [0.05, 0.1) is 12.1 Å². The molecule has 1 unspecified atom stereocenters. The zero-order chi connectivity index (χ0) is 13.2. The lowest BCUT2D eigenvalue weighted by Gasteiger charge is -2.38. The number of hydrogen-bond acceptors (Lipinski definition) is 1. The van der Waals surface area contributed by atoms with Crippen LogP contribution < -0.4 is 4.74 Å². The number of hydrogen-bond donors (Lipinski definition) is 0. The molecule has 0 bridgehead atoms. The lowest BCUT2D eigenvalue weighted by Crippen LogP contribution is -2.25. The van der Waals surface area contributed by atoms with E-state index in [2.05, 4.69) is 28.9 Å². The summed E-state index contributed by atoms with van der Waals surface area (Å²) in [6.45, 7) is 2.38. The molecule has 1 aliphatic rings. The molecule has 0 aromatic heterocycles. The second-order valence-electron chi connectivity index (χ2n) is 5.47. The molecule has 18 heavy (non-hydrogen) atoms. The highest BCUT2D eigenvalue weighted by atomic mass is 79.9. The van der Waals surface area contributed by atoms with Gasteiger partial charge in [0.25, 0.3) is 0 Å². The fourth-order valence-electron chi connectivity index (χ4n) is 2.86. The van der Waals surface area contributed by atoms with Gasteiger partial charge in [0.2, 0.25) is 0 Å². The van der Waals surface area contributed by atoms with E-state index in [-0.39, 0.29) is 0 Å². The predicted molar refractivity (Wildman–Crippen MR) is 80.9 cm³/mol. The Balaban J connectivity index is 2.22. The average Bonchev–Trinajstić information content (AvgIpc) is 2.38. The third kappa shape index (κ3) is 2.85. The molecular formula is C15H20BrClO. The quantitative estimate of drug-likeness (QED) is 0.640. The summed E-state index contributed by atoms with van der Waals surface area (Å²) in [6.07, 6.45) is 6.61. The molecule has 3 heteroatoms. The molecule has 1 atom stereocenters. The Morgan fingerprint density at radius 1 is 1.28 bits per heavy atom. The third-order valence-electron chi connectivity index (χ3n) is 4.08. The van der Waals surface area contributed by atoms with Crippen molar-refractivity contribution in [1.82, 2.24) is 0 Å². The second kappa shape index (κ2) is 5.83. The Morgan fingerprint density at radius 2 is 1.94 bits per heavy atom. The van der Waals surface area contributed by atoms with E-state index in [4.69, 9.17) is 16.3 Å². The van der Waals surface area contributed by atoms with Crippen LogP contribution in [-0.4, -0.2) is 7.11 Å². The molecule has 0 N–H and O–H groups in total. The molecule has 1 fully saturated rings. The summed E-state index contributed by atoms with van der Waals surface area (Å²) in [7, 11) is 1.65. The lowest BCUT2D eigenvalue weighted by atomic mass is 9.72. The van der Waals surface area contributed by atoms with Gasteiger partial charge in [-0.3, -0.25) is 0 Å². The van der Waals surface area contributed by atoms with Gasteiger partial charge < -0.3 is 4.74 Å². The first-order valence-corrected chi connectivity index (χ1v) is 7.84. The summed E-state index contributed by atoms with van der Waals surface area (Å²) in [5.74, 6) is 0.744. The standard InChI is InChI=1S/C15H20BrClO/c1-15(8-4-3-5-9-15)14(16)11-6-7-13(18-2)12(17)10-11/h6-7,10,14H,3-5,8-9H2,1-2H3. The van der Waals surface area contributed by atoms with Crippen LogP contribution in [0.1, 0.15) is 49.4 Å². The third-order valence-corrected chi connectivity index (χ3v) is 6.01. The maximum absolute atomic E-state index is 6.21. The molecule has 0 heterocycles. The monoisotopic (exact) mass is 330 g/mol. The molecular weight excluding hydrogens is 312 g/mol. The number of ether oxygens (including phenoxy) is 1. The van der Waals surface area contributed by atoms with Crippen LogP contribution in [-0.2, 0) is 0 Å². The van der Waals surface area contributed by atoms with Crippen molar-refractivity contribution in [2.75, 3.05) is 7.11 Å². The summed E-state index contributed by atoms with van der Waals surface area (Å²) in [5, 5.41) is 0.693. The van der Waals surface area contributed by atoms with Gasteiger partial charge in [-0.25, -0.2) is 0 Å². The molecule has 1 saturated carbocycles. The molecule has 0 aliphatic heterocycles. The maximum atomic E-state index is 6.21. The van der Waals surface area contributed by atoms with E-state index in [1.54, 1.807) is 7.11 Å². The van der Waals surface area contributed by atoms with Crippen LogP contribution in [0.3, 0.4) is 0 Å². The van der Waals surface area contributed by atoms with Crippen molar-refractivity contribution in [3.8, 4) is 5.75 Å². The SMILES string of the molecule is COc1ccc(C(Br)C2(C)CCCCC2)cc1Cl. The highest BCUT2D eigenvalue weighted by Crippen LogP contribution is 2.50. The molecule has 1 aliphatic carbocycles. The topological polar surface area (TPSA) is 9.23 Å². The van der Waals surface area contributed by atoms with E-state index in [1.807, 2.05) is 12.1 Å². The summed E-state index contributed by atoms with van der Waals surface area (Å²) in [5.41, 5.74) is 1.60. The first-order chi connectivity index (χ1) is 8.57. The lowest BCUT2D eigenvalue weighted by molar-refractivity contribution is 0.213. The Kier molecular flexibility index (Phi) is 4.60. The summed E-state index contributed by atoms with van der Waals surface area (Å²) in [4.78, 5) is 0.369. The van der Waals surface area contributed by atoms with E-state index < -0.39 is 0 Å². The first-order valence-electron chi connectivity index (χ1n) is 6.54. The predicted octanol–water partition coefficient (Wildman–Crippen LogP) is 5.76. The van der Waals surface area contributed by atoms with Crippen LogP contribution in [0.5, 0.6) is 5.75 Å². The van der Waals surface area contributed by atoms with Crippen LogP contribution in [0.25, 0.3) is 0 Å². The van der Waals surface area contributed by atoms with E-state index in [1.165, 1.54) is 37.7 Å². The molecule has 0 amide bonds. The molecule has 100 valence electrons. The van der Waals surface area contributed by atoms with Crippen molar-refractivity contribution in [3.63, 3.8) is 0 Å². The van der Waals surface area contributed by atoms with Crippen molar-refractivity contribution in [2.45, 2.75) is 43.9 Å². The first kappa shape index (κ1) is 14.2. The van der Waals surface area contributed by atoms with Crippen LogP contribution in [0.15, 0.2) is 18.2 Å². The number of halogens is 2. The molecule has 1 aromatic carbocycles. The van der Waals surface area contributed by atoms with Crippen molar-refractivity contribution in [3.05, 3.63) is 28.8 Å². The largest absolute Gasteiger partial charge is 0.495 e. The minimum absolute atomic E-state index is 0.343. The van der Waals surface area contributed by atoms with Crippen molar-refractivity contribution >= 4 is 27.5 Å². The number of methoxy groups -OCH3 is 1. The summed E-state index contributed by atoms with van der Waals surface area (Å²) >= 11 is 10.1. The zero-order valence-electron chi connectivity index (χ0n) is 11.0. The molecule has 0 saturated heterocycles. The summed E-state index contributed by atoms with van der Waals surface area (Å²) in [6, 6.07) is 6.10. The van der Waals surface area contributed by atoms with Gasteiger partial charge >= 0.3 is 0 Å². The fraction of sp³-hybridized carbons (Fsp3) is 0.600. The van der Waals surface area contributed by atoms with Gasteiger partial charge in [0.1, 0.15) is 5.75 Å². The van der Waals surface area contributed by atoms with Gasteiger partial charge in [0, 0.05) is 4.83 Å². The Morgan fingerprint density at radius 3 is 2.50 bits per heavy atom. The number of alkyl halides is 1. The van der Waals surface area contributed by atoms with Gasteiger partial charge in [-0.1, -0.05) is 59.8 Å². The normalized spacial score (nSPS) is 20.4. The Hall–Kier alpha value is -0.210. The fourth-order valence-corrected chi connectivity index (χ4v) is 3.86. The number of rotatable bonds is 3. The molecule has 2 rings (SSSR count). The van der Waals surface area contributed by atoms with Gasteiger partial charge in [-0.15, -0.1) is 0 Å². The van der Waals surface area contributed by atoms with E-state index in [0.29, 0.717) is 15.3 Å². The van der Waals surface area contributed by atoms with E-state index in [9.17, 15) is 0 Å². The Bertz CT molecular complexity index is 413. The van der Waals surface area contributed by atoms with Crippen LogP contribution in [0.4, 0.5) is 0 Å². The van der Waals surface area contributed by atoms with Gasteiger partial charge in [-0.05, 0) is 36.0 Å². The minimum atomic E-state index is 0.343. The molecule has 1 aromatic rings. The van der Waals surface area contributed by atoms with E-state index >= 15 is 0 Å². The van der Waals surface area contributed by atoms with E-state index in [0.717, 1.165) is 5.75 Å². The minimum Gasteiger partial charge on any atom is -0.495 e. The van der Waals surface area contributed by atoms with Crippen LogP contribution in [0.2, 0.25) is 5.02 Å².